The fraction of sp³-hybridized carbons (Fsp3) is 0.227. The summed E-state index contributed by atoms with van der Waals surface area (Å²) in [6.07, 6.45) is 0. The first kappa shape index (κ1) is 20.6. The van der Waals surface area contributed by atoms with E-state index in [-0.39, 0.29) is 12.5 Å². The van der Waals surface area contributed by atoms with Gasteiger partial charge in [-0.25, -0.2) is 4.79 Å². The molecule has 1 aromatic heterocycles. The zero-order chi connectivity index (χ0) is 20.8. The molecule has 2 aromatic carbocycles. The normalized spacial score (nSPS) is 10.6. The molecule has 1 amide bonds. The minimum Gasteiger partial charge on any atom is -0.452 e. The van der Waals surface area contributed by atoms with E-state index in [1.165, 1.54) is 0 Å². The van der Waals surface area contributed by atoms with Crippen molar-refractivity contribution in [2.45, 2.75) is 26.9 Å². The van der Waals surface area contributed by atoms with E-state index in [9.17, 15) is 9.59 Å². The number of benzene rings is 2. The zero-order valence-corrected chi connectivity index (χ0v) is 17.1. The summed E-state index contributed by atoms with van der Waals surface area (Å²) in [7, 11) is 0. The molecule has 0 aliphatic heterocycles. The largest absolute Gasteiger partial charge is 0.452 e. The molecule has 29 heavy (non-hydrogen) atoms. The number of esters is 1. The number of nitrogens with zero attached hydrogens (tertiary/aromatic N) is 2. The lowest BCUT2D eigenvalue weighted by Crippen LogP contribution is -2.28. The summed E-state index contributed by atoms with van der Waals surface area (Å²) in [4.78, 5) is 24.5. The predicted molar refractivity (Wildman–Crippen MR) is 111 cm³/mol. The van der Waals surface area contributed by atoms with Crippen molar-refractivity contribution < 1.29 is 14.3 Å². The topological polar surface area (TPSA) is 73.2 Å². The summed E-state index contributed by atoms with van der Waals surface area (Å²) in [5, 5.41) is 7.79. The molecule has 0 radical (unpaired) electrons. The maximum atomic E-state index is 12.5. The number of aryl methyl sites for hydroxylation is 1. The highest BCUT2D eigenvalue weighted by molar-refractivity contribution is 6.31. The summed E-state index contributed by atoms with van der Waals surface area (Å²) in [6, 6.07) is 17.0. The maximum absolute atomic E-state index is 12.5. The Morgan fingerprint density at radius 1 is 1.07 bits per heavy atom. The van der Waals surface area contributed by atoms with Crippen LogP contribution in [0.4, 0.5) is 0 Å². The average Bonchev–Trinajstić information content (AvgIpc) is 3.00. The number of aromatic nitrogens is 2. The summed E-state index contributed by atoms with van der Waals surface area (Å²) >= 11 is 6.22. The first-order valence-electron chi connectivity index (χ1n) is 9.21. The second kappa shape index (κ2) is 9.39. The number of carbonyl (C=O) groups is 2. The predicted octanol–water partition coefficient (Wildman–Crippen LogP) is 3.67. The molecule has 3 aromatic rings. The monoisotopic (exact) mass is 411 g/mol. The Balaban J connectivity index is 1.60. The molecule has 0 aliphatic rings. The van der Waals surface area contributed by atoms with Crippen LogP contribution in [0.25, 0.3) is 0 Å². The maximum Gasteiger partial charge on any atom is 0.342 e. The Hall–Kier alpha value is -3.12. The van der Waals surface area contributed by atoms with Gasteiger partial charge in [0.25, 0.3) is 5.91 Å². The fourth-order valence-corrected chi connectivity index (χ4v) is 3.18. The van der Waals surface area contributed by atoms with Crippen LogP contribution in [0.1, 0.15) is 32.9 Å². The van der Waals surface area contributed by atoms with Crippen molar-refractivity contribution in [3.05, 3.63) is 87.7 Å². The third-order valence-electron chi connectivity index (χ3n) is 4.53. The molecule has 1 heterocycles. The van der Waals surface area contributed by atoms with Crippen LogP contribution < -0.4 is 5.32 Å². The lowest BCUT2D eigenvalue weighted by Gasteiger charge is -2.08. The Labute approximate surface area is 174 Å². The van der Waals surface area contributed by atoms with Gasteiger partial charge in [0.15, 0.2) is 6.61 Å². The molecule has 0 spiro atoms. The van der Waals surface area contributed by atoms with E-state index in [4.69, 9.17) is 16.3 Å². The van der Waals surface area contributed by atoms with Crippen LogP contribution in [0.3, 0.4) is 0 Å². The van der Waals surface area contributed by atoms with E-state index in [1.807, 2.05) is 54.6 Å². The van der Waals surface area contributed by atoms with Crippen LogP contribution in [0.15, 0.2) is 54.6 Å². The molecule has 1 N–H and O–H groups in total. The number of halogens is 1. The van der Waals surface area contributed by atoms with Gasteiger partial charge in [-0.15, -0.1) is 0 Å². The molecule has 0 saturated heterocycles. The Morgan fingerprint density at radius 3 is 2.48 bits per heavy atom. The SMILES string of the molecule is Cc1nn(Cc2ccccc2Cl)c(C)c1C(=O)OCC(=O)NCc1ccccc1. The molecule has 6 nitrogen and oxygen atoms in total. The van der Waals surface area contributed by atoms with Gasteiger partial charge >= 0.3 is 5.97 Å². The number of rotatable bonds is 7. The van der Waals surface area contributed by atoms with Gasteiger partial charge in [-0.2, -0.15) is 5.10 Å². The van der Waals surface area contributed by atoms with Gasteiger partial charge in [-0.1, -0.05) is 60.1 Å². The van der Waals surface area contributed by atoms with Gasteiger partial charge in [-0.05, 0) is 31.0 Å². The lowest BCUT2D eigenvalue weighted by molar-refractivity contribution is -0.124. The van der Waals surface area contributed by atoms with Gasteiger partial charge in [0.05, 0.1) is 17.9 Å². The summed E-state index contributed by atoms with van der Waals surface area (Å²) < 4.78 is 6.91. The molecular weight excluding hydrogens is 390 g/mol. The highest BCUT2D eigenvalue weighted by Gasteiger charge is 2.21. The van der Waals surface area contributed by atoms with E-state index in [0.29, 0.717) is 35.1 Å². The standard InChI is InChI=1S/C22H22ClN3O3/c1-15-21(16(2)26(25-15)13-18-10-6-7-11-19(18)23)22(28)29-14-20(27)24-12-17-8-4-3-5-9-17/h3-11H,12-14H2,1-2H3,(H,24,27). The number of hydrogen-bond acceptors (Lipinski definition) is 4. The van der Waals surface area contributed by atoms with E-state index in [0.717, 1.165) is 11.1 Å². The van der Waals surface area contributed by atoms with Gasteiger partial charge in [0.1, 0.15) is 5.56 Å². The molecule has 0 atom stereocenters. The smallest absolute Gasteiger partial charge is 0.342 e. The van der Waals surface area contributed by atoms with Crippen molar-refractivity contribution in [2.24, 2.45) is 0 Å². The first-order valence-corrected chi connectivity index (χ1v) is 9.58. The van der Waals surface area contributed by atoms with Crippen LogP contribution in [0.5, 0.6) is 0 Å². The number of ether oxygens (including phenoxy) is 1. The van der Waals surface area contributed by atoms with Gasteiger partial charge in [0, 0.05) is 11.6 Å². The third kappa shape index (κ3) is 5.23. The number of hydrogen-bond donors (Lipinski definition) is 1. The quantitative estimate of drug-likeness (QED) is 0.602. The zero-order valence-electron chi connectivity index (χ0n) is 16.3. The average molecular weight is 412 g/mol. The Morgan fingerprint density at radius 2 is 1.76 bits per heavy atom. The molecule has 0 bridgehead atoms. The minimum atomic E-state index is -0.569. The summed E-state index contributed by atoms with van der Waals surface area (Å²) in [6.45, 7) is 4.01. The summed E-state index contributed by atoms with van der Waals surface area (Å²) in [5.74, 6) is -0.929. The molecule has 0 unspecified atom stereocenters. The van der Waals surface area contributed by atoms with E-state index in [2.05, 4.69) is 10.4 Å². The van der Waals surface area contributed by atoms with Crippen molar-refractivity contribution in [3.63, 3.8) is 0 Å². The molecule has 7 heteroatoms. The van der Waals surface area contributed by atoms with Crippen LogP contribution in [-0.2, 0) is 22.6 Å². The molecule has 0 fully saturated rings. The molecule has 0 saturated carbocycles. The van der Waals surface area contributed by atoms with E-state index >= 15 is 0 Å². The van der Waals surface area contributed by atoms with Crippen molar-refractivity contribution in [3.8, 4) is 0 Å². The van der Waals surface area contributed by atoms with Gasteiger partial charge in [-0.3, -0.25) is 9.48 Å². The van der Waals surface area contributed by atoms with Gasteiger partial charge in [0.2, 0.25) is 0 Å². The van der Waals surface area contributed by atoms with Crippen LogP contribution in [0, 0.1) is 13.8 Å². The van der Waals surface area contributed by atoms with Crippen LogP contribution >= 0.6 is 11.6 Å². The molecular formula is C22H22ClN3O3. The van der Waals surface area contributed by atoms with Crippen LogP contribution in [0.2, 0.25) is 5.02 Å². The molecule has 3 rings (SSSR count). The molecule has 150 valence electrons. The highest BCUT2D eigenvalue weighted by Crippen LogP contribution is 2.20. The highest BCUT2D eigenvalue weighted by atomic mass is 35.5. The van der Waals surface area contributed by atoms with Crippen molar-refractivity contribution in [1.82, 2.24) is 15.1 Å². The van der Waals surface area contributed by atoms with Gasteiger partial charge < -0.3 is 10.1 Å². The third-order valence-corrected chi connectivity index (χ3v) is 4.90. The fourth-order valence-electron chi connectivity index (χ4n) is 2.99. The number of nitrogens with one attached hydrogen (secondary N) is 1. The van der Waals surface area contributed by atoms with Crippen LogP contribution in [-0.4, -0.2) is 28.3 Å². The minimum absolute atomic E-state index is 0.347. The van der Waals surface area contributed by atoms with E-state index < -0.39 is 5.97 Å². The van der Waals surface area contributed by atoms with Crippen molar-refractivity contribution >= 4 is 23.5 Å². The lowest BCUT2D eigenvalue weighted by atomic mass is 10.2. The second-order valence-electron chi connectivity index (χ2n) is 6.63. The summed E-state index contributed by atoms with van der Waals surface area (Å²) in [5.41, 5.74) is 3.45. The second-order valence-corrected chi connectivity index (χ2v) is 7.04. The Bertz CT molecular complexity index is 1020. The van der Waals surface area contributed by atoms with E-state index in [1.54, 1.807) is 18.5 Å². The molecule has 0 aliphatic carbocycles. The first-order chi connectivity index (χ1) is 14.0. The van der Waals surface area contributed by atoms with Crippen molar-refractivity contribution in [2.75, 3.05) is 6.61 Å². The number of carbonyl (C=O) groups excluding carboxylic acids is 2. The van der Waals surface area contributed by atoms with Crippen molar-refractivity contribution in [1.29, 1.82) is 0 Å². The number of amides is 1. The Kier molecular flexibility index (Phi) is 6.67.